The van der Waals surface area contributed by atoms with E-state index < -0.39 is 0 Å². The van der Waals surface area contributed by atoms with Gasteiger partial charge < -0.3 is 0 Å². The van der Waals surface area contributed by atoms with E-state index in [4.69, 9.17) is 0 Å². The predicted octanol–water partition coefficient (Wildman–Crippen LogP) is 2.77. The standard InChI is InChI=1S/C9H17OS/c1-9(2,11-10)8-6-4-3-5-7-8/h8H,3-7H2,1-2H3/q+1. The van der Waals surface area contributed by atoms with Crippen LogP contribution >= 0.6 is 0 Å². The molecule has 0 aliphatic heterocycles. The van der Waals surface area contributed by atoms with Gasteiger partial charge in [0.05, 0.1) is 0 Å². The second-order valence-electron chi connectivity index (χ2n) is 4.02. The zero-order valence-electron chi connectivity index (χ0n) is 7.43. The molecule has 0 aromatic heterocycles. The van der Waals surface area contributed by atoms with Crippen LogP contribution in [-0.4, -0.2) is 4.75 Å². The maximum absolute atomic E-state index is 10.8. The van der Waals surface area contributed by atoms with E-state index in [2.05, 4.69) is 13.8 Å². The molecule has 0 saturated heterocycles. The monoisotopic (exact) mass is 173 g/mol. The first-order chi connectivity index (χ1) is 5.17. The molecule has 1 fully saturated rings. The van der Waals surface area contributed by atoms with E-state index in [1.165, 1.54) is 32.1 Å². The van der Waals surface area contributed by atoms with E-state index in [0.717, 1.165) is 11.7 Å². The molecule has 0 aromatic carbocycles. The fraction of sp³-hybridized carbons (Fsp3) is 1.00. The Morgan fingerprint density at radius 1 is 1.18 bits per heavy atom. The first kappa shape index (κ1) is 9.11. The zero-order valence-corrected chi connectivity index (χ0v) is 8.25. The molecule has 0 heterocycles. The summed E-state index contributed by atoms with van der Waals surface area (Å²) in [4.78, 5) is 0. The van der Waals surface area contributed by atoms with E-state index in [9.17, 15) is 4.21 Å². The van der Waals surface area contributed by atoms with Crippen LogP contribution in [0.15, 0.2) is 0 Å². The van der Waals surface area contributed by atoms with Gasteiger partial charge in [0.15, 0.2) is 0 Å². The maximum Gasteiger partial charge on any atom is 0.465 e. The van der Waals surface area contributed by atoms with Crippen LogP contribution in [0.3, 0.4) is 0 Å². The highest BCUT2D eigenvalue weighted by Gasteiger charge is 2.42. The molecule has 1 saturated carbocycles. The van der Waals surface area contributed by atoms with Crippen LogP contribution < -0.4 is 0 Å². The summed E-state index contributed by atoms with van der Waals surface area (Å²) >= 11 is 0.784. The molecule has 2 heteroatoms. The Kier molecular flexibility index (Phi) is 2.99. The second-order valence-corrected chi connectivity index (χ2v) is 5.24. The zero-order chi connectivity index (χ0) is 8.32. The summed E-state index contributed by atoms with van der Waals surface area (Å²) in [6.07, 6.45) is 6.56. The van der Waals surface area contributed by atoms with Crippen LogP contribution in [0.4, 0.5) is 0 Å². The summed E-state index contributed by atoms with van der Waals surface area (Å²) in [7, 11) is 0. The Hall–Kier alpha value is 0.0200. The SMILES string of the molecule is CC(C)([S+]=O)C1CCCCC1. The first-order valence-corrected chi connectivity index (χ1v) is 5.22. The third kappa shape index (κ3) is 2.22. The third-order valence-electron chi connectivity index (χ3n) is 2.80. The summed E-state index contributed by atoms with van der Waals surface area (Å²) in [5, 5.41) is 0. The van der Waals surface area contributed by atoms with Gasteiger partial charge in [0, 0.05) is 24.0 Å². The molecule has 1 aliphatic carbocycles. The highest BCUT2D eigenvalue weighted by Crippen LogP contribution is 2.33. The Labute approximate surface area is 73.1 Å². The summed E-state index contributed by atoms with van der Waals surface area (Å²) < 4.78 is 10.7. The summed E-state index contributed by atoms with van der Waals surface area (Å²) in [5.41, 5.74) is 0. The van der Waals surface area contributed by atoms with Gasteiger partial charge in [-0.15, -0.1) is 0 Å². The summed E-state index contributed by atoms with van der Waals surface area (Å²) in [6.45, 7) is 4.17. The Morgan fingerprint density at radius 3 is 2.18 bits per heavy atom. The lowest BCUT2D eigenvalue weighted by Gasteiger charge is -2.24. The van der Waals surface area contributed by atoms with Crippen molar-refractivity contribution in [1.82, 2.24) is 0 Å². The highest BCUT2D eigenvalue weighted by molar-refractivity contribution is 7.67. The van der Waals surface area contributed by atoms with Crippen LogP contribution in [0.1, 0.15) is 46.0 Å². The highest BCUT2D eigenvalue weighted by atomic mass is 32.1. The molecule has 1 nitrogen and oxygen atoms in total. The Morgan fingerprint density at radius 2 is 1.73 bits per heavy atom. The van der Waals surface area contributed by atoms with Crippen molar-refractivity contribution in [3.05, 3.63) is 0 Å². The van der Waals surface area contributed by atoms with Gasteiger partial charge in [-0.25, -0.2) is 0 Å². The van der Waals surface area contributed by atoms with Gasteiger partial charge in [0.1, 0.15) is 0 Å². The van der Waals surface area contributed by atoms with Gasteiger partial charge in [-0.3, -0.25) is 0 Å². The van der Waals surface area contributed by atoms with Crippen molar-refractivity contribution >= 4 is 11.7 Å². The topological polar surface area (TPSA) is 17.1 Å². The minimum atomic E-state index is -0.0274. The average Bonchev–Trinajstić information content (AvgIpc) is 2.06. The smallest absolute Gasteiger partial charge is 0.0533 e. The molecule has 0 aromatic rings. The average molecular weight is 173 g/mol. The molecule has 0 bridgehead atoms. The van der Waals surface area contributed by atoms with Gasteiger partial charge in [-0.05, 0) is 12.8 Å². The lowest BCUT2D eigenvalue weighted by molar-refractivity contribution is 0.300. The third-order valence-corrected chi connectivity index (χ3v) is 3.57. The first-order valence-electron chi connectivity index (χ1n) is 4.48. The minimum absolute atomic E-state index is 0.0274. The van der Waals surface area contributed by atoms with E-state index in [-0.39, 0.29) is 4.75 Å². The quantitative estimate of drug-likeness (QED) is 0.587. The van der Waals surface area contributed by atoms with Crippen molar-refractivity contribution < 1.29 is 4.21 Å². The van der Waals surface area contributed by atoms with Crippen LogP contribution in [0.5, 0.6) is 0 Å². The number of rotatable bonds is 2. The lowest BCUT2D eigenvalue weighted by Crippen LogP contribution is -2.31. The largest absolute Gasteiger partial charge is 0.465 e. The van der Waals surface area contributed by atoms with Crippen molar-refractivity contribution in [2.75, 3.05) is 0 Å². The molecule has 0 amide bonds. The van der Waals surface area contributed by atoms with Crippen molar-refractivity contribution in [1.29, 1.82) is 0 Å². The molecule has 1 rings (SSSR count). The second kappa shape index (κ2) is 3.61. The van der Waals surface area contributed by atoms with Crippen molar-refractivity contribution in [2.24, 2.45) is 5.92 Å². The summed E-state index contributed by atoms with van der Waals surface area (Å²) in [6, 6.07) is 0. The van der Waals surface area contributed by atoms with Gasteiger partial charge >= 0.3 is 11.7 Å². The fourth-order valence-corrected chi connectivity index (χ4v) is 2.24. The Bertz CT molecular complexity index is 136. The van der Waals surface area contributed by atoms with Crippen molar-refractivity contribution in [3.63, 3.8) is 0 Å². The van der Waals surface area contributed by atoms with Crippen molar-refractivity contribution in [3.8, 4) is 0 Å². The maximum atomic E-state index is 10.8. The normalized spacial score (nSPS) is 21.6. The van der Waals surface area contributed by atoms with Gasteiger partial charge in [0.25, 0.3) is 0 Å². The lowest BCUT2D eigenvalue weighted by atomic mass is 9.81. The molecule has 0 radical (unpaired) electrons. The van der Waals surface area contributed by atoms with Crippen LogP contribution in [-0.2, 0) is 15.9 Å². The molecule has 1 aliphatic rings. The molecule has 0 N–H and O–H groups in total. The molecule has 0 atom stereocenters. The minimum Gasteiger partial charge on any atom is -0.0533 e. The molecular formula is C9H17OS+. The fourth-order valence-electron chi connectivity index (χ4n) is 1.87. The Balaban J connectivity index is 2.50. The van der Waals surface area contributed by atoms with Gasteiger partial charge in [-0.2, -0.15) is 0 Å². The predicted molar refractivity (Wildman–Crippen MR) is 48.7 cm³/mol. The molecule has 64 valence electrons. The van der Waals surface area contributed by atoms with Crippen LogP contribution in [0.25, 0.3) is 0 Å². The molecule has 0 spiro atoms. The van der Waals surface area contributed by atoms with Crippen molar-refractivity contribution in [2.45, 2.75) is 50.7 Å². The molecular weight excluding hydrogens is 156 g/mol. The van der Waals surface area contributed by atoms with Crippen LogP contribution in [0.2, 0.25) is 0 Å². The number of hydrogen-bond donors (Lipinski definition) is 0. The van der Waals surface area contributed by atoms with E-state index in [1.54, 1.807) is 0 Å². The molecule has 0 unspecified atom stereocenters. The molecule has 11 heavy (non-hydrogen) atoms. The van der Waals surface area contributed by atoms with E-state index in [1.807, 2.05) is 0 Å². The van der Waals surface area contributed by atoms with Gasteiger partial charge in [-0.1, -0.05) is 19.3 Å². The van der Waals surface area contributed by atoms with E-state index in [0.29, 0.717) is 5.92 Å². The summed E-state index contributed by atoms with van der Waals surface area (Å²) in [5.74, 6) is 0.666. The van der Waals surface area contributed by atoms with Gasteiger partial charge in [0.2, 0.25) is 4.75 Å². The van der Waals surface area contributed by atoms with E-state index >= 15 is 0 Å². The van der Waals surface area contributed by atoms with Crippen LogP contribution in [0, 0.1) is 5.92 Å². The number of hydrogen-bond acceptors (Lipinski definition) is 1.